The van der Waals surface area contributed by atoms with Crippen molar-refractivity contribution in [1.82, 2.24) is 10.5 Å². The number of nitrogens with one attached hydrogen (secondary N) is 2. The summed E-state index contributed by atoms with van der Waals surface area (Å²) in [6, 6.07) is 5.00. The van der Waals surface area contributed by atoms with Crippen LogP contribution in [-0.2, 0) is 17.6 Å². The van der Waals surface area contributed by atoms with Crippen molar-refractivity contribution in [3.8, 4) is 11.3 Å². The molecule has 184 valence electrons. The van der Waals surface area contributed by atoms with Gasteiger partial charge in [-0.25, -0.2) is 4.79 Å². The number of aromatic nitrogens is 1. The lowest BCUT2D eigenvalue weighted by Crippen LogP contribution is -2.34. The number of carbonyl (C=O) groups is 2. The molecule has 1 aliphatic carbocycles. The minimum atomic E-state index is -0.542. The van der Waals surface area contributed by atoms with Crippen molar-refractivity contribution < 1.29 is 18.8 Å². The number of hydrogen-bond donors (Lipinski definition) is 2. The fraction of sp³-hybridized carbons (Fsp3) is 0.333. The SMILES string of the molecule is CCOC(=O)c1c(NC(=S)NC(=O)c2c(-c3c(Cl)cccc3Cl)noc2C)sc2c1CC[C@H](C)C2. The number of ether oxygens (including phenoxy) is 1. The number of benzene rings is 1. The van der Waals surface area contributed by atoms with Crippen molar-refractivity contribution in [1.29, 1.82) is 0 Å². The minimum absolute atomic E-state index is 0.0315. The summed E-state index contributed by atoms with van der Waals surface area (Å²) in [5.41, 5.74) is 2.25. The fourth-order valence-electron chi connectivity index (χ4n) is 4.09. The Morgan fingerprint density at radius 3 is 2.69 bits per heavy atom. The molecule has 4 rings (SSSR count). The number of nitrogens with zero attached hydrogens (tertiary/aromatic N) is 1. The summed E-state index contributed by atoms with van der Waals surface area (Å²) >= 11 is 19.5. The van der Waals surface area contributed by atoms with Crippen LogP contribution in [0.4, 0.5) is 5.00 Å². The number of thiophene rings is 1. The van der Waals surface area contributed by atoms with Crippen LogP contribution in [0.1, 0.15) is 57.2 Å². The van der Waals surface area contributed by atoms with Crippen molar-refractivity contribution in [3.63, 3.8) is 0 Å². The molecule has 35 heavy (non-hydrogen) atoms. The van der Waals surface area contributed by atoms with Gasteiger partial charge in [-0.05, 0) is 68.9 Å². The number of esters is 1. The highest BCUT2D eigenvalue weighted by Gasteiger charge is 2.30. The first-order chi connectivity index (χ1) is 16.7. The van der Waals surface area contributed by atoms with Crippen LogP contribution in [0, 0.1) is 12.8 Å². The quantitative estimate of drug-likeness (QED) is 0.278. The first-order valence-electron chi connectivity index (χ1n) is 11.1. The number of rotatable bonds is 5. The molecule has 1 aliphatic rings. The van der Waals surface area contributed by atoms with Crippen molar-refractivity contribution in [3.05, 3.63) is 55.6 Å². The highest BCUT2D eigenvalue weighted by molar-refractivity contribution is 7.80. The third-order valence-corrected chi connectivity index (χ3v) is 7.74. The molecule has 0 radical (unpaired) electrons. The van der Waals surface area contributed by atoms with E-state index in [0.29, 0.717) is 32.1 Å². The molecule has 2 heterocycles. The number of amides is 1. The van der Waals surface area contributed by atoms with Crippen LogP contribution in [0.3, 0.4) is 0 Å². The number of hydrogen-bond acceptors (Lipinski definition) is 7. The van der Waals surface area contributed by atoms with E-state index in [0.717, 1.165) is 29.7 Å². The van der Waals surface area contributed by atoms with E-state index in [1.807, 2.05) is 0 Å². The van der Waals surface area contributed by atoms with E-state index < -0.39 is 11.9 Å². The number of carbonyl (C=O) groups excluding carboxylic acids is 2. The molecule has 1 aromatic carbocycles. The number of fused-ring (bicyclic) bond motifs is 1. The van der Waals surface area contributed by atoms with Gasteiger partial charge in [0.05, 0.1) is 22.2 Å². The maximum Gasteiger partial charge on any atom is 0.341 e. The Bertz CT molecular complexity index is 1300. The van der Waals surface area contributed by atoms with Crippen LogP contribution >= 0.6 is 46.8 Å². The number of anilines is 1. The molecule has 0 fully saturated rings. The molecular weight excluding hydrogens is 529 g/mol. The second kappa shape index (κ2) is 10.7. The molecule has 1 atom stereocenters. The molecule has 1 amide bonds. The van der Waals surface area contributed by atoms with Crippen LogP contribution in [0.25, 0.3) is 11.3 Å². The predicted molar refractivity (Wildman–Crippen MR) is 142 cm³/mol. The van der Waals surface area contributed by atoms with Crippen molar-refractivity contribution in [2.75, 3.05) is 11.9 Å². The summed E-state index contributed by atoms with van der Waals surface area (Å²) in [5.74, 6) is -0.132. The predicted octanol–water partition coefficient (Wildman–Crippen LogP) is 6.45. The standard InChI is InChI=1S/C24H23Cl2N3O4S2/c1-4-32-23(31)18-13-9-8-11(2)10-16(13)35-22(18)28-24(34)27-21(30)17-12(3)33-29-20(17)19-14(25)6-5-7-15(19)26/h5-7,11H,4,8-10H2,1-3H3,(H2,27,28,30,34)/t11-/m0/s1. The molecule has 0 unspecified atom stereocenters. The van der Waals surface area contributed by atoms with Crippen LogP contribution < -0.4 is 10.6 Å². The number of thiocarbonyl (C=S) groups is 1. The molecule has 3 aromatic rings. The van der Waals surface area contributed by atoms with E-state index in [1.165, 1.54) is 11.3 Å². The second-order valence-electron chi connectivity index (χ2n) is 8.24. The highest BCUT2D eigenvalue weighted by Crippen LogP contribution is 2.40. The minimum Gasteiger partial charge on any atom is -0.462 e. The molecule has 0 spiro atoms. The van der Waals surface area contributed by atoms with Crippen molar-refractivity contribution in [2.45, 2.75) is 40.0 Å². The Morgan fingerprint density at radius 1 is 1.29 bits per heavy atom. The molecule has 11 heteroatoms. The Kier molecular flexibility index (Phi) is 7.80. The molecule has 0 bridgehead atoms. The summed E-state index contributed by atoms with van der Waals surface area (Å²) in [4.78, 5) is 27.1. The first-order valence-corrected chi connectivity index (χ1v) is 13.0. The molecule has 2 aromatic heterocycles. The molecule has 0 saturated carbocycles. The fourth-order valence-corrected chi connectivity index (χ4v) is 6.33. The van der Waals surface area contributed by atoms with Crippen molar-refractivity contribution in [2.24, 2.45) is 5.92 Å². The van der Waals surface area contributed by atoms with Gasteiger partial charge in [0.25, 0.3) is 5.91 Å². The van der Waals surface area contributed by atoms with Gasteiger partial charge in [0.15, 0.2) is 5.11 Å². The lowest BCUT2D eigenvalue weighted by atomic mass is 9.88. The average molecular weight is 553 g/mol. The average Bonchev–Trinajstić information content (AvgIpc) is 3.33. The van der Waals surface area contributed by atoms with Gasteiger partial charge in [0, 0.05) is 10.4 Å². The highest BCUT2D eigenvalue weighted by atomic mass is 35.5. The zero-order chi connectivity index (χ0) is 25.3. The van der Waals surface area contributed by atoms with Gasteiger partial charge in [-0.3, -0.25) is 10.1 Å². The summed E-state index contributed by atoms with van der Waals surface area (Å²) in [6.07, 6.45) is 2.68. The third kappa shape index (κ3) is 5.23. The molecule has 2 N–H and O–H groups in total. The van der Waals surface area contributed by atoms with Gasteiger partial charge in [-0.15, -0.1) is 11.3 Å². The van der Waals surface area contributed by atoms with Gasteiger partial charge < -0.3 is 14.6 Å². The van der Waals surface area contributed by atoms with Gasteiger partial charge in [-0.1, -0.05) is 41.3 Å². The van der Waals surface area contributed by atoms with Crippen LogP contribution in [-0.4, -0.2) is 28.8 Å². The molecule has 7 nitrogen and oxygen atoms in total. The van der Waals surface area contributed by atoms with Gasteiger partial charge in [0.2, 0.25) is 0 Å². The van der Waals surface area contributed by atoms with Gasteiger partial charge >= 0.3 is 5.97 Å². The van der Waals surface area contributed by atoms with E-state index in [4.69, 9.17) is 44.7 Å². The summed E-state index contributed by atoms with van der Waals surface area (Å²) in [6.45, 7) is 5.83. The first kappa shape index (κ1) is 25.6. The third-order valence-electron chi connectivity index (χ3n) is 5.73. The monoisotopic (exact) mass is 551 g/mol. The van der Waals surface area contributed by atoms with E-state index in [-0.39, 0.29) is 28.7 Å². The summed E-state index contributed by atoms with van der Waals surface area (Å²) in [5, 5.41) is 10.9. The summed E-state index contributed by atoms with van der Waals surface area (Å²) in [7, 11) is 0. The Hall–Kier alpha value is -2.46. The maximum absolute atomic E-state index is 13.2. The number of aryl methyl sites for hydroxylation is 1. The maximum atomic E-state index is 13.2. The molecule has 0 aliphatic heterocycles. The number of halogens is 2. The van der Waals surface area contributed by atoms with Crippen LogP contribution in [0.2, 0.25) is 10.0 Å². The zero-order valence-corrected chi connectivity index (χ0v) is 22.4. The Labute approximate surface area is 222 Å². The molecule has 0 saturated heterocycles. The van der Waals surface area contributed by atoms with E-state index in [9.17, 15) is 9.59 Å². The van der Waals surface area contributed by atoms with E-state index >= 15 is 0 Å². The smallest absolute Gasteiger partial charge is 0.341 e. The lowest BCUT2D eigenvalue weighted by molar-refractivity contribution is 0.0526. The Morgan fingerprint density at radius 2 is 2.00 bits per heavy atom. The van der Waals surface area contributed by atoms with Gasteiger partial charge in [-0.2, -0.15) is 0 Å². The van der Waals surface area contributed by atoms with Crippen molar-refractivity contribution >= 4 is 68.7 Å². The largest absolute Gasteiger partial charge is 0.462 e. The molecular formula is C24H23Cl2N3O4S2. The van der Waals surface area contributed by atoms with E-state index in [1.54, 1.807) is 32.0 Å². The zero-order valence-electron chi connectivity index (χ0n) is 19.3. The van der Waals surface area contributed by atoms with Crippen LogP contribution in [0.15, 0.2) is 22.7 Å². The second-order valence-corrected chi connectivity index (χ2v) is 10.6. The normalized spacial score (nSPS) is 14.8. The topological polar surface area (TPSA) is 93.5 Å². The Balaban J connectivity index is 1.60. The summed E-state index contributed by atoms with van der Waals surface area (Å²) < 4.78 is 10.6. The lowest BCUT2D eigenvalue weighted by Gasteiger charge is -2.18. The van der Waals surface area contributed by atoms with E-state index in [2.05, 4.69) is 22.7 Å². The van der Waals surface area contributed by atoms with Gasteiger partial charge in [0.1, 0.15) is 22.0 Å². The van der Waals surface area contributed by atoms with Crippen LogP contribution in [0.5, 0.6) is 0 Å².